The molecule has 2 heterocycles. The Morgan fingerprint density at radius 1 is 0.727 bits per heavy atom. The lowest BCUT2D eigenvalue weighted by Gasteiger charge is -2.12. The highest BCUT2D eigenvalue weighted by Crippen LogP contribution is 2.37. The van der Waals surface area contributed by atoms with Crippen LogP contribution in [0.2, 0.25) is 0 Å². The largest absolute Gasteiger partial charge is 0.249 e. The van der Waals surface area contributed by atoms with Crippen LogP contribution >= 0.6 is 54.5 Å². The van der Waals surface area contributed by atoms with Gasteiger partial charge in [-0.05, 0) is 66.9 Å². The molecule has 2 aromatic heterocycles. The zero-order valence-corrected chi connectivity index (χ0v) is 17.3. The third-order valence-corrected chi connectivity index (χ3v) is 9.40. The molecule has 2 nitrogen and oxygen atoms in total. The van der Waals surface area contributed by atoms with Gasteiger partial charge in [0.25, 0.3) is 0 Å². The quantitative estimate of drug-likeness (QED) is 0.467. The minimum absolute atomic E-state index is 0.553. The molecule has 3 aromatic rings. The smallest absolute Gasteiger partial charge is 0.0882 e. The molecule has 3 rings (SSSR count). The molecule has 0 radical (unpaired) electrons. The topological polar surface area (TPSA) is 34.1 Å². The molecule has 0 aliphatic rings. The van der Waals surface area contributed by atoms with E-state index in [1.54, 1.807) is 0 Å². The van der Waals surface area contributed by atoms with Crippen LogP contribution in [0.3, 0.4) is 0 Å². The summed E-state index contributed by atoms with van der Waals surface area (Å²) in [6.45, 7) is 0. The van der Waals surface area contributed by atoms with Gasteiger partial charge in [0.2, 0.25) is 0 Å². The predicted molar refractivity (Wildman–Crippen MR) is 99.8 cm³/mol. The monoisotopic (exact) mass is 494 g/mol. The van der Waals surface area contributed by atoms with Gasteiger partial charge in [-0.15, -0.1) is 0 Å². The van der Waals surface area contributed by atoms with Crippen LogP contribution in [0.5, 0.6) is 0 Å². The molecule has 0 bridgehead atoms. The zero-order valence-electron chi connectivity index (χ0n) is 10.8. The second-order valence-corrected chi connectivity index (χ2v) is 10.2. The standard InChI is InChI=1S/C14H8Br2O2S4/c15-11-1-2-12(16)14(22(18)10-4-6-20-8-10)13(11)21(17)9-3-5-19-7-9/h1-8H. The summed E-state index contributed by atoms with van der Waals surface area (Å²) in [4.78, 5) is 2.54. The fourth-order valence-electron chi connectivity index (χ4n) is 1.81. The Hall–Kier alpha value is -0.120. The van der Waals surface area contributed by atoms with Gasteiger partial charge in [-0.2, -0.15) is 22.7 Å². The van der Waals surface area contributed by atoms with Crippen LogP contribution < -0.4 is 0 Å². The summed E-state index contributed by atoms with van der Waals surface area (Å²) in [6.07, 6.45) is 0. The van der Waals surface area contributed by atoms with Gasteiger partial charge in [0.15, 0.2) is 0 Å². The molecular weight excluding hydrogens is 488 g/mol. The van der Waals surface area contributed by atoms with E-state index in [0.717, 1.165) is 0 Å². The molecule has 1 aromatic carbocycles. The Kier molecular flexibility index (Phi) is 5.47. The van der Waals surface area contributed by atoms with E-state index < -0.39 is 21.6 Å². The van der Waals surface area contributed by atoms with E-state index >= 15 is 0 Å². The first-order valence-corrected chi connectivity index (χ1v) is 11.7. The number of benzene rings is 1. The number of halogens is 2. The van der Waals surface area contributed by atoms with Crippen molar-refractivity contribution in [1.82, 2.24) is 0 Å². The van der Waals surface area contributed by atoms with E-state index in [1.165, 1.54) is 22.7 Å². The second kappa shape index (κ2) is 7.19. The number of hydrogen-bond donors (Lipinski definition) is 0. The molecule has 8 heteroatoms. The van der Waals surface area contributed by atoms with Gasteiger partial charge in [0.05, 0.1) is 41.2 Å². The molecule has 0 saturated carbocycles. The van der Waals surface area contributed by atoms with Gasteiger partial charge < -0.3 is 0 Å². The minimum atomic E-state index is -1.39. The predicted octanol–water partition coefficient (Wildman–Crippen LogP) is 5.67. The summed E-state index contributed by atoms with van der Waals surface area (Å²) >= 11 is 9.89. The Morgan fingerprint density at radius 3 is 1.45 bits per heavy atom. The third kappa shape index (κ3) is 3.22. The van der Waals surface area contributed by atoms with E-state index in [-0.39, 0.29) is 0 Å². The highest BCUT2D eigenvalue weighted by molar-refractivity contribution is 9.11. The number of hydrogen-bond acceptors (Lipinski definition) is 4. The lowest BCUT2D eigenvalue weighted by Crippen LogP contribution is -2.03. The van der Waals surface area contributed by atoms with Crippen LogP contribution in [0, 0.1) is 0 Å². The summed E-state index contributed by atoms with van der Waals surface area (Å²) < 4.78 is 27.2. The third-order valence-electron chi connectivity index (χ3n) is 2.81. The molecular formula is C14H8Br2O2S4. The number of thiophene rings is 2. The maximum Gasteiger partial charge on any atom is 0.0882 e. The van der Waals surface area contributed by atoms with Gasteiger partial charge in [-0.3, -0.25) is 0 Å². The van der Waals surface area contributed by atoms with Crippen molar-refractivity contribution in [3.63, 3.8) is 0 Å². The average molecular weight is 496 g/mol. The van der Waals surface area contributed by atoms with E-state index in [1.807, 2.05) is 45.8 Å². The van der Waals surface area contributed by atoms with Crippen molar-refractivity contribution in [3.05, 3.63) is 54.7 Å². The van der Waals surface area contributed by atoms with Gasteiger partial charge in [0.1, 0.15) is 0 Å². The van der Waals surface area contributed by atoms with Gasteiger partial charge in [0, 0.05) is 19.7 Å². The molecule has 0 aliphatic carbocycles. The van der Waals surface area contributed by atoms with Crippen LogP contribution in [0.4, 0.5) is 0 Å². The van der Waals surface area contributed by atoms with Crippen LogP contribution in [-0.2, 0) is 21.6 Å². The van der Waals surface area contributed by atoms with Crippen molar-refractivity contribution in [2.45, 2.75) is 19.6 Å². The molecule has 0 aliphatic heterocycles. The fourth-order valence-corrected chi connectivity index (χ4v) is 8.21. The Bertz CT molecular complexity index is 771. The zero-order chi connectivity index (χ0) is 15.7. The highest BCUT2D eigenvalue weighted by atomic mass is 79.9. The van der Waals surface area contributed by atoms with Crippen LogP contribution in [0.25, 0.3) is 0 Å². The molecule has 0 fully saturated rings. The molecule has 2 atom stereocenters. The maximum absolute atomic E-state index is 12.9. The van der Waals surface area contributed by atoms with Crippen molar-refractivity contribution < 1.29 is 8.42 Å². The van der Waals surface area contributed by atoms with Crippen LogP contribution in [0.15, 0.2) is 74.3 Å². The number of rotatable bonds is 4. The normalized spacial score (nSPS) is 13.9. The summed E-state index contributed by atoms with van der Waals surface area (Å²) in [6, 6.07) is 7.28. The Morgan fingerprint density at radius 2 is 1.14 bits per heavy atom. The van der Waals surface area contributed by atoms with Gasteiger partial charge in [-0.1, -0.05) is 0 Å². The highest BCUT2D eigenvalue weighted by Gasteiger charge is 2.24. The van der Waals surface area contributed by atoms with Crippen LogP contribution in [-0.4, -0.2) is 8.42 Å². The van der Waals surface area contributed by atoms with Crippen molar-refractivity contribution in [2.75, 3.05) is 0 Å². The fraction of sp³-hybridized carbons (Fsp3) is 0. The molecule has 0 saturated heterocycles. The van der Waals surface area contributed by atoms with E-state index in [4.69, 9.17) is 0 Å². The second-order valence-electron chi connectivity index (χ2n) is 4.14. The molecule has 0 amide bonds. The summed E-state index contributed by atoms with van der Waals surface area (Å²) in [5.41, 5.74) is 0. The first-order chi connectivity index (χ1) is 10.6. The van der Waals surface area contributed by atoms with Gasteiger partial charge in [-0.25, -0.2) is 8.42 Å². The van der Waals surface area contributed by atoms with E-state index in [2.05, 4.69) is 31.9 Å². The molecule has 0 spiro atoms. The van der Waals surface area contributed by atoms with E-state index in [9.17, 15) is 8.42 Å². The van der Waals surface area contributed by atoms with Crippen molar-refractivity contribution in [3.8, 4) is 0 Å². The van der Waals surface area contributed by atoms with Crippen molar-refractivity contribution in [1.29, 1.82) is 0 Å². The first kappa shape index (κ1) is 16.7. The lowest BCUT2D eigenvalue weighted by molar-refractivity contribution is 0.673. The van der Waals surface area contributed by atoms with Gasteiger partial charge >= 0.3 is 0 Å². The maximum atomic E-state index is 12.9. The Labute approximate surface area is 157 Å². The first-order valence-electron chi connectivity index (χ1n) is 5.95. The lowest BCUT2D eigenvalue weighted by atomic mass is 10.4. The van der Waals surface area contributed by atoms with Crippen molar-refractivity contribution >= 4 is 76.1 Å². The summed E-state index contributed by atoms with van der Waals surface area (Å²) in [5, 5.41) is 7.46. The van der Waals surface area contributed by atoms with Crippen molar-refractivity contribution in [2.24, 2.45) is 0 Å². The molecule has 0 N–H and O–H groups in total. The molecule has 2 unspecified atom stereocenters. The summed E-state index contributed by atoms with van der Waals surface area (Å²) in [7, 11) is -2.77. The Balaban J connectivity index is 2.19. The van der Waals surface area contributed by atoms with E-state index in [0.29, 0.717) is 28.5 Å². The SMILES string of the molecule is O=S(c1ccsc1)c1c(Br)ccc(Br)c1S(=O)c1ccsc1. The summed E-state index contributed by atoms with van der Waals surface area (Å²) in [5.74, 6) is 0. The molecule has 22 heavy (non-hydrogen) atoms. The average Bonchev–Trinajstić information content (AvgIpc) is 3.21. The minimum Gasteiger partial charge on any atom is -0.249 e. The van der Waals surface area contributed by atoms with Crippen LogP contribution in [0.1, 0.15) is 0 Å². The molecule has 114 valence electrons.